The Labute approximate surface area is 208 Å². The van der Waals surface area contributed by atoms with E-state index in [-0.39, 0.29) is 11.5 Å². The predicted molar refractivity (Wildman–Crippen MR) is 136 cm³/mol. The summed E-state index contributed by atoms with van der Waals surface area (Å²) < 4.78 is 14.7. The molecule has 0 atom stereocenters. The maximum atomic E-state index is 14.7. The summed E-state index contributed by atoms with van der Waals surface area (Å²) in [4.78, 5) is 34.0. The number of hydrogen-bond donors (Lipinski definition) is 2. The summed E-state index contributed by atoms with van der Waals surface area (Å²) in [5.41, 5.74) is 7.68. The highest BCUT2D eigenvalue weighted by atomic mass is 19.1. The first-order valence-corrected chi connectivity index (χ1v) is 12.0. The van der Waals surface area contributed by atoms with Crippen LogP contribution in [-0.2, 0) is 11.3 Å². The second kappa shape index (κ2) is 10.7. The van der Waals surface area contributed by atoms with Crippen LogP contribution in [0, 0.1) is 5.82 Å². The number of allylic oxidation sites excluding steroid dienone is 3. The summed E-state index contributed by atoms with van der Waals surface area (Å²) in [6, 6.07) is 6.67. The van der Waals surface area contributed by atoms with Crippen LogP contribution in [0.2, 0.25) is 0 Å². The highest BCUT2D eigenvalue weighted by Crippen LogP contribution is 2.21. The van der Waals surface area contributed by atoms with E-state index in [1.165, 1.54) is 6.07 Å². The minimum atomic E-state index is -0.520. The maximum absolute atomic E-state index is 14.7. The first kappa shape index (κ1) is 23.7. The first-order chi connectivity index (χ1) is 17.6. The molecule has 4 heterocycles. The van der Waals surface area contributed by atoms with Crippen LogP contribution in [0.4, 0.5) is 10.1 Å². The molecule has 9 nitrogen and oxygen atoms in total. The quantitative estimate of drug-likeness (QED) is 0.551. The zero-order valence-electron chi connectivity index (χ0n) is 20.1. The van der Waals surface area contributed by atoms with E-state index in [0.717, 1.165) is 40.1 Å². The fraction of sp³-hybridized carbons (Fsp3) is 0.308. The summed E-state index contributed by atoms with van der Waals surface area (Å²) in [7, 11) is 0. The molecule has 0 saturated carbocycles. The van der Waals surface area contributed by atoms with E-state index >= 15 is 0 Å². The molecule has 3 aromatic rings. The molecule has 36 heavy (non-hydrogen) atoms. The Hall–Kier alpha value is -4.05. The molecule has 2 aliphatic rings. The highest BCUT2D eigenvalue weighted by Gasteiger charge is 2.25. The number of halogens is 1. The highest BCUT2D eigenvalue weighted by molar-refractivity contribution is 6.02. The summed E-state index contributed by atoms with van der Waals surface area (Å²) in [5, 5.41) is 4.26. The van der Waals surface area contributed by atoms with Gasteiger partial charge in [-0.3, -0.25) is 9.63 Å². The van der Waals surface area contributed by atoms with Crippen LogP contribution in [0.3, 0.4) is 0 Å². The molecule has 186 valence electrons. The van der Waals surface area contributed by atoms with Crippen molar-refractivity contribution < 1.29 is 14.0 Å². The molecule has 0 unspecified atom stereocenters. The van der Waals surface area contributed by atoms with Crippen LogP contribution < -0.4 is 10.5 Å². The van der Waals surface area contributed by atoms with E-state index in [1.807, 2.05) is 24.3 Å². The third-order valence-corrected chi connectivity index (χ3v) is 6.34. The number of hydrazone groups is 1. The Morgan fingerprint density at radius 3 is 2.89 bits per heavy atom. The van der Waals surface area contributed by atoms with Gasteiger partial charge in [-0.2, -0.15) is 10.7 Å². The normalized spacial score (nSPS) is 17.6. The molecule has 1 amide bonds. The SMILES string of the molecule is CC/C=C\C=C1/CONN=C1Cc1ccc(F)c(C(=O)N2CCN(c3cnc4[nH]cnc4c3)CC2)c1. The van der Waals surface area contributed by atoms with Gasteiger partial charge in [-0.1, -0.05) is 31.2 Å². The number of amides is 1. The molecule has 0 aliphatic carbocycles. The summed E-state index contributed by atoms with van der Waals surface area (Å²) in [5.74, 6) is -0.823. The third kappa shape index (κ3) is 5.13. The molecular formula is C26H28FN7O2. The minimum absolute atomic E-state index is 0.0811. The van der Waals surface area contributed by atoms with Gasteiger partial charge in [0.25, 0.3) is 5.91 Å². The van der Waals surface area contributed by atoms with Gasteiger partial charge in [-0.25, -0.2) is 14.4 Å². The number of piperazine rings is 1. The minimum Gasteiger partial charge on any atom is -0.367 e. The van der Waals surface area contributed by atoms with Crippen molar-refractivity contribution in [3.63, 3.8) is 0 Å². The molecule has 0 spiro atoms. The summed E-state index contributed by atoms with van der Waals surface area (Å²) in [6.07, 6.45) is 10.8. The number of rotatable bonds is 6. The molecular weight excluding hydrogens is 461 g/mol. The monoisotopic (exact) mass is 489 g/mol. The van der Waals surface area contributed by atoms with Gasteiger partial charge in [0, 0.05) is 38.2 Å². The largest absolute Gasteiger partial charge is 0.367 e. The average molecular weight is 490 g/mol. The lowest BCUT2D eigenvalue weighted by Gasteiger charge is -2.36. The van der Waals surface area contributed by atoms with Gasteiger partial charge >= 0.3 is 0 Å². The molecule has 0 radical (unpaired) electrons. The number of nitrogens with zero attached hydrogens (tertiary/aromatic N) is 5. The Balaban J connectivity index is 1.26. The number of anilines is 1. The zero-order chi connectivity index (χ0) is 24.9. The number of aromatic nitrogens is 3. The number of aromatic amines is 1. The molecule has 2 aliphatic heterocycles. The van der Waals surface area contributed by atoms with Gasteiger partial charge in [-0.05, 0) is 30.2 Å². The molecule has 0 bridgehead atoms. The molecule has 1 aromatic carbocycles. The molecule has 10 heteroatoms. The fourth-order valence-corrected chi connectivity index (χ4v) is 4.34. The number of carbonyl (C=O) groups excluding carboxylic acids is 1. The zero-order valence-corrected chi connectivity index (χ0v) is 20.1. The van der Waals surface area contributed by atoms with E-state index in [0.29, 0.717) is 39.2 Å². The number of pyridine rings is 1. The van der Waals surface area contributed by atoms with Crippen LogP contribution in [0.5, 0.6) is 0 Å². The van der Waals surface area contributed by atoms with Gasteiger partial charge in [-0.15, -0.1) is 0 Å². The van der Waals surface area contributed by atoms with Gasteiger partial charge in [0.2, 0.25) is 0 Å². The van der Waals surface area contributed by atoms with E-state index < -0.39 is 5.82 Å². The Morgan fingerprint density at radius 1 is 1.19 bits per heavy atom. The van der Waals surface area contributed by atoms with Gasteiger partial charge in [0.05, 0.1) is 29.5 Å². The van der Waals surface area contributed by atoms with E-state index in [2.05, 4.69) is 37.5 Å². The molecule has 1 fully saturated rings. The molecule has 2 aromatic heterocycles. The number of carbonyl (C=O) groups is 1. The lowest BCUT2D eigenvalue weighted by molar-refractivity contribution is 0.0553. The van der Waals surface area contributed by atoms with Crippen LogP contribution in [0.1, 0.15) is 29.3 Å². The van der Waals surface area contributed by atoms with Crippen molar-refractivity contribution in [1.82, 2.24) is 25.4 Å². The fourth-order valence-electron chi connectivity index (χ4n) is 4.34. The average Bonchev–Trinajstić information content (AvgIpc) is 3.39. The number of nitrogens with one attached hydrogen (secondary N) is 2. The number of hydrogen-bond acceptors (Lipinski definition) is 7. The predicted octanol–water partition coefficient (Wildman–Crippen LogP) is 3.39. The van der Waals surface area contributed by atoms with Crippen molar-refractivity contribution in [2.24, 2.45) is 5.10 Å². The van der Waals surface area contributed by atoms with Gasteiger partial charge < -0.3 is 14.8 Å². The number of benzene rings is 1. The van der Waals surface area contributed by atoms with Crippen molar-refractivity contribution >= 4 is 28.5 Å². The number of H-pyrrole nitrogens is 1. The standard InChI is InChI=1S/C26H28FN7O2/c1-2-3-4-5-19-16-36-32-31-23(19)13-18-6-7-22(27)21(12-18)26(35)34-10-8-33(9-11-34)20-14-24-25(28-15-20)30-17-29-24/h3-7,12,14-15,17,32H,2,8-11,13,16H2,1H3,(H,28,29,30)/b4-3-,19-5+. The van der Waals surface area contributed by atoms with Gasteiger partial charge in [0.1, 0.15) is 17.9 Å². The van der Waals surface area contributed by atoms with Crippen LogP contribution in [0.25, 0.3) is 11.2 Å². The van der Waals surface area contributed by atoms with E-state index in [9.17, 15) is 9.18 Å². The van der Waals surface area contributed by atoms with Crippen molar-refractivity contribution in [2.45, 2.75) is 19.8 Å². The van der Waals surface area contributed by atoms with E-state index in [1.54, 1.807) is 29.6 Å². The lowest BCUT2D eigenvalue weighted by atomic mass is 9.99. The Morgan fingerprint density at radius 2 is 2.06 bits per heavy atom. The Kier molecular flexibility index (Phi) is 7.03. The smallest absolute Gasteiger partial charge is 0.256 e. The molecule has 5 rings (SSSR count). The van der Waals surface area contributed by atoms with Crippen molar-refractivity contribution in [1.29, 1.82) is 0 Å². The van der Waals surface area contributed by atoms with Crippen LogP contribution in [0.15, 0.2) is 65.7 Å². The molecule has 1 saturated heterocycles. The van der Waals surface area contributed by atoms with E-state index in [4.69, 9.17) is 4.84 Å². The van der Waals surface area contributed by atoms with Crippen molar-refractivity contribution in [3.05, 3.63) is 77.5 Å². The van der Waals surface area contributed by atoms with Crippen molar-refractivity contribution in [3.8, 4) is 0 Å². The summed E-state index contributed by atoms with van der Waals surface area (Å²) >= 11 is 0. The second-order valence-electron chi connectivity index (χ2n) is 8.70. The molecule has 2 N–H and O–H groups in total. The number of imidazole rings is 1. The van der Waals surface area contributed by atoms with Crippen molar-refractivity contribution in [2.75, 3.05) is 37.7 Å². The summed E-state index contributed by atoms with van der Waals surface area (Å²) in [6.45, 7) is 4.69. The number of fused-ring (bicyclic) bond motifs is 1. The first-order valence-electron chi connectivity index (χ1n) is 12.0. The lowest BCUT2D eigenvalue weighted by Crippen LogP contribution is -2.49. The van der Waals surface area contributed by atoms with Gasteiger partial charge in [0.15, 0.2) is 5.65 Å². The third-order valence-electron chi connectivity index (χ3n) is 6.34. The topological polar surface area (TPSA) is 98.7 Å². The Bertz CT molecular complexity index is 1340. The maximum Gasteiger partial charge on any atom is 0.256 e. The van der Waals surface area contributed by atoms with Crippen LogP contribution >= 0.6 is 0 Å². The van der Waals surface area contributed by atoms with Crippen LogP contribution in [-0.4, -0.2) is 64.3 Å². The second-order valence-corrected chi connectivity index (χ2v) is 8.70.